The highest BCUT2D eigenvalue weighted by Gasteiger charge is 2.23. The predicted octanol–water partition coefficient (Wildman–Crippen LogP) is 2.56. The number of carbonyl (C=O) groups excluding carboxylic acids is 1. The van der Waals surface area contributed by atoms with Crippen LogP contribution in [0.3, 0.4) is 0 Å². The molecule has 0 radical (unpaired) electrons. The van der Waals surface area contributed by atoms with Crippen LogP contribution in [0.4, 0.5) is 10.5 Å². The zero-order valence-corrected chi connectivity index (χ0v) is 13.6. The minimum absolute atomic E-state index is 0.130. The fourth-order valence-electron chi connectivity index (χ4n) is 1.95. The molecule has 1 aliphatic heterocycles. The highest BCUT2D eigenvalue weighted by Crippen LogP contribution is 2.33. The minimum atomic E-state index is -3.21. The number of carbonyl (C=O) groups is 1. The van der Waals surface area contributed by atoms with Gasteiger partial charge in [-0.2, -0.15) is 0 Å². The molecule has 2 amide bonds. The average molecular weight is 345 g/mol. The van der Waals surface area contributed by atoms with Crippen LogP contribution in [0.5, 0.6) is 5.75 Å². The Labute approximate surface area is 134 Å². The number of urea groups is 1. The lowest BCUT2D eigenvalue weighted by atomic mass is 10.3. The Morgan fingerprint density at radius 3 is 2.86 bits per heavy atom. The van der Waals surface area contributed by atoms with Crippen LogP contribution in [0.15, 0.2) is 29.7 Å². The summed E-state index contributed by atoms with van der Waals surface area (Å²) in [4.78, 5) is 12.0. The van der Waals surface area contributed by atoms with Crippen LogP contribution >= 0.6 is 11.6 Å². The second kappa shape index (κ2) is 7.02. The van der Waals surface area contributed by atoms with E-state index in [-0.39, 0.29) is 5.75 Å². The highest BCUT2D eigenvalue weighted by molar-refractivity contribution is 7.94. The van der Waals surface area contributed by atoms with Gasteiger partial charge < -0.3 is 15.4 Å². The lowest BCUT2D eigenvalue weighted by Gasteiger charge is -2.15. The molecule has 0 bridgehead atoms. The first kappa shape index (κ1) is 16.6. The first-order chi connectivity index (χ1) is 10.4. The molecule has 0 aromatic heterocycles. The summed E-state index contributed by atoms with van der Waals surface area (Å²) in [6, 6.07) is 3.97. The van der Waals surface area contributed by atoms with E-state index in [0.29, 0.717) is 23.1 Å². The van der Waals surface area contributed by atoms with Gasteiger partial charge in [-0.05, 0) is 24.6 Å². The van der Waals surface area contributed by atoms with Gasteiger partial charge in [-0.15, -0.1) is 0 Å². The van der Waals surface area contributed by atoms with Crippen LogP contribution < -0.4 is 15.4 Å². The molecule has 1 aromatic rings. The van der Waals surface area contributed by atoms with Gasteiger partial charge in [-0.1, -0.05) is 24.6 Å². The number of hydrogen-bond acceptors (Lipinski definition) is 4. The van der Waals surface area contributed by atoms with Crippen LogP contribution in [0, 0.1) is 0 Å². The highest BCUT2D eigenvalue weighted by atomic mass is 35.5. The van der Waals surface area contributed by atoms with Crippen LogP contribution in [0.2, 0.25) is 5.02 Å². The number of sulfone groups is 1. The molecule has 1 aromatic carbocycles. The molecule has 0 aliphatic carbocycles. The van der Waals surface area contributed by atoms with Crippen LogP contribution in [0.25, 0.3) is 0 Å². The molecule has 0 unspecified atom stereocenters. The van der Waals surface area contributed by atoms with Gasteiger partial charge in [0.25, 0.3) is 0 Å². The summed E-state index contributed by atoms with van der Waals surface area (Å²) in [5.41, 5.74) is 0.434. The zero-order chi connectivity index (χ0) is 16.2. The topological polar surface area (TPSA) is 84.5 Å². The molecule has 0 spiro atoms. The monoisotopic (exact) mass is 344 g/mol. The van der Waals surface area contributed by atoms with Crippen molar-refractivity contribution < 1.29 is 17.9 Å². The van der Waals surface area contributed by atoms with Crippen molar-refractivity contribution in [2.45, 2.75) is 19.4 Å². The number of rotatable bonds is 5. The summed E-state index contributed by atoms with van der Waals surface area (Å²) in [5.74, 6) is 0.269. The molecule has 1 aliphatic rings. The SMILES string of the molecule is CCCOc1c(Cl)cccc1NC(=O)N[C@@H]1C=CS(=O)(=O)C1. The maximum atomic E-state index is 12.0. The summed E-state index contributed by atoms with van der Waals surface area (Å²) in [6.45, 7) is 2.44. The molecule has 0 saturated heterocycles. The number of benzene rings is 1. The van der Waals surface area contributed by atoms with E-state index in [1.165, 1.54) is 6.08 Å². The van der Waals surface area contributed by atoms with E-state index in [1.807, 2.05) is 6.92 Å². The maximum Gasteiger partial charge on any atom is 0.319 e. The fraction of sp³-hybridized carbons (Fsp3) is 0.357. The van der Waals surface area contributed by atoms with Crippen LogP contribution in [0.1, 0.15) is 13.3 Å². The molecule has 1 heterocycles. The van der Waals surface area contributed by atoms with E-state index in [0.717, 1.165) is 11.8 Å². The molecule has 6 nitrogen and oxygen atoms in total. The average Bonchev–Trinajstić information content (AvgIpc) is 2.77. The maximum absolute atomic E-state index is 12.0. The molecule has 2 N–H and O–H groups in total. The van der Waals surface area contributed by atoms with Crippen molar-refractivity contribution in [3.63, 3.8) is 0 Å². The van der Waals surface area contributed by atoms with Crippen molar-refractivity contribution in [1.82, 2.24) is 5.32 Å². The van der Waals surface area contributed by atoms with Gasteiger partial charge in [-0.3, -0.25) is 0 Å². The van der Waals surface area contributed by atoms with Gasteiger partial charge in [0.15, 0.2) is 15.6 Å². The molecule has 2 rings (SSSR count). The Kier molecular flexibility index (Phi) is 5.31. The summed E-state index contributed by atoms with van der Waals surface area (Å²) in [6.07, 6.45) is 2.25. The Morgan fingerprint density at radius 1 is 1.45 bits per heavy atom. The predicted molar refractivity (Wildman–Crippen MR) is 86.1 cm³/mol. The molecular formula is C14H17ClN2O4S. The van der Waals surface area contributed by atoms with Crippen molar-refractivity contribution in [3.05, 3.63) is 34.7 Å². The summed E-state index contributed by atoms with van der Waals surface area (Å²) < 4.78 is 28.1. The van der Waals surface area contributed by atoms with Crippen LogP contribution in [-0.2, 0) is 9.84 Å². The number of amides is 2. The lowest BCUT2D eigenvalue weighted by Crippen LogP contribution is -2.38. The third-order valence-corrected chi connectivity index (χ3v) is 4.61. The standard InChI is InChI=1S/C14H17ClN2O4S/c1-2-7-21-13-11(15)4-3-5-12(13)17-14(18)16-10-6-8-22(19,20)9-10/h3-6,8,10H,2,7,9H2,1H3,(H2,16,17,18)/t10-/m1/s1. The third kappa shape index (κ3) is 4.38. The molecular weight excluding hydrogens is 328 g/mol. The first-order valence-corrected chi connectivity index (χ1v) is 8.90. The molecule has 0 fully saturated rings. The number of hydrogen-bond donors (Lipinski definition) is 2. The van der Waals surface area contributed by atoms with Gasteiger partial charge in [0.1, 0.15) is 0 Å². The van der Waals surface area contributed by atoms with Crippen molar-refractivity contribution in [2.75, 3.05) is 17.7 Å². The fourth-order valence-corrected chi connectivity index (χ4v) is 3.41. The Morgan fingerprint density at radius 2 is 2.23 bits per heavy atom. The van der Waals surface area contributed by atoms with Crippen molar-refractivity contribution in [1.29, 1.82) is 0 Å². The van der Waals surface area contributed by atoms with Gasteiger partial charge >= 0.3 is 6.03 Å². The van der Waals surface area contributed by atoms with Gasteiger partial charge in [-0.25, -0.2) is 13.2 Å². The van der Waals surface area contributed by atoms with E-state index in [1.54, 1.807) is 18.2 Å². The summed E-state index contributed by atoms with van der Waals surface area (Å²) in [5, 5.41) is 6.70. The smallest absolute Gasteiger partial charge is 0.319 e. The molecule has 8 heteroatoms. The first-order valence-electron chi connectivity index (χ1n) is 6.81. The second-order valence-corrected chi connectivity index (χ2v) is 7.17. The quantitative estimate of drug-likeness (QED) is 0.859. The van der Waals surface area contributed by atoms with Gasteiger partial charge in [0.05, 0.1) is 29.1 Å². The largest absolute Gasteiger partial charge is 0.490 e. The molecule has 22 heavy (non-hydrogen) atoms. The molecule has 0 saturated carbocycles. The Hall–Kier alpha value is -1.73. The van der Waals surface area contributed by atoms with Gasteiger partial charge in [0.2, 0.25) is 0 Å². The summed E-state index contributed by atoms with van der Waals surface area (Å²) >= 11 is 6.07. The molecule has 1 atom stereocenters. The van der Waals surface area contributed by atoms with E-state index < -0.39 is 21.9 Å². The number of halogens is 1. The summed E-state index contributed by atoms with van der Waals surface area (Å²) in [7, 11) is -3.21. The van der Waals surface area contributed by atoms with E-state index in [9.17, 15) is 13.2 Å². The normalized spacial score (nSPS) is 18.9. The van der Waals surface area contributed by atoms with Crippen LogP contribution in [-0.4, -0.2) is 32.9 Å². The van der Waals surface area contributed by atoms with E-state index in [2.05, 4.69) is 10.6 Å². The Bertz CT molecular complexity index is 688. The number of nitrogens with one attached hydrogen (secondary N) is 2. The zero-order valence-electron chi connectivity index (χ0n) is 12.0. The number of anilines is 1. The third-order valence-electron chi connectivity index (χ3n) is 2.91. The van der Waals surface area contributed by atoms with Crippen molar-refractivity contribution in [3.8, 4) is 5.75 Å². The lowest BCUT2D eigenvalue weighted by molar-refractivity contribution is 0.250. The number of ether oxygens (including phenoxy) is 1. The van der Waals surface area contributed by atoms with E-state index in [4.69, 9.17) is 16.3 Å². The Balaban J connectivity index is 2.02. The second-order valence-electron chi connectivity index (χ2n) is 4.83. The van der Waals surface area contributed by atoms with Crippen molar-refractivity contribution >= 4 is 33.2 Å². The van der Waals surface area contributed by atoms with Gasteiger partial charge in [0, 0.05) is 5.41 Å². The number of para-hydroxylation sites is 1. The molecule has 120 valence electrons. The minimum Gasteiger partial charge on any atom is -0.490 e. The van der Waals surface area contributed by atoms with E-state index >= 15 is 0 Å². The van der Waals surface area contributed by atoms with Crippen molar-refractivity contribution in [2.24, 2.45) is 0 Å².